The van der Waals surface area contributed by atoms with Gasteiger partial charge in [-0.25, -0.2) is 8.78 Å². The average Bonchev–Trinajstić information content (AvgIpc) is 2.55. The molecule has 2 aromatic rings. The predicted octanol–water partition coefficient (Wildman–Crippen LogP) is 5.53. The number of rotatable bonds is 3. The molecule has 0 aliphatic carbocycles. The summed E-state index contributed by atoms with van der Waals surface area (Å²) < 4.78 is 39.0. The van der Waals surface area contributed by atoms with E-state index in [4.69, 9.17) is 9.47 Å². The van der Waals surface area contributed by atoms with E-state index in [-0.39, 0.29) is 22.6 Å². The first-order valence-electron chi connectivity index (χ1n) is 8.83. The van der Waals surface area contributed by atoms with Gasteiger partial charge in [0, 0.05) is 11.6 Å². The largest absolute Gasteiger partial charge is 0.426 e. The van der Waals surface area contributed by atoms with Crippen LogP contribution < -0.4 is 9.47 Å². The van der Waals surface area contributed by atoms with Gasteiger partial charge in [0.15, 0.2) is 11.6 Å². The minimum Gasteiger partial charge on any atom is -0.426 e. The van der Waals surface area contributed by atoms with E-state index in [0.29, 0.717) is 0 Å². The van der Waals surface area contributed by atoms with Crippen LogP contribution in [0.1, 0.15) is 41.5 Å². The summed E-state index contributed by atoms with van der Waals surface area (Å²) in [6, 6.07) is 7.73. The molecule has 0 radical (unpaired) electrons. The molecule has 4 nitrogen and oxygen atoms in total. The number of carbonyl (C=O) groups excluding carboxylic acids is 2. The van der Waals surface area contributed by atoms with Gasteiger partial charge in [-0.3, -0.25) is 9.59 Å². The highest BCUT2D eigenvalue weighted by molar-refractivity contribution is 5.79. The Hall–Kier alpha value is -2.76. The van der Waals surface area contributed by atoms with Crippen molar-refractivity contribution >= 4 is 11.9 Å². The molecule has 0 aromatic heterocycles. The Labute approximate surface area is 163 Å². The van der Waals surface area contributed by atoms with Gasteiger partial charge >= 0.3 is 11.9 Å². The zero-order valence-electron chi connectivity index (χ0n) is 16.9. The van der Waals surface area contributed by atoms with Crippen LogP contribution in [0.5, 0.6) is 11.5 Å². The van der Waals surface area contributed by atoms with Crippen LogP contribution in [-0.4, -0.2) is 11.9 Å². The minimum absolute atomic E-state index is 0.0670. The van der Waals surface area contributed by atoms with E-state index in [9.17, 15) is 18.4 Å². The molecule has 0 spiro atoms. The fourth-order valence-electron chi connectivity index (χ4n) is 2.06. The van der Waals surface area contributed by atoms with E-state index in [1.807, 2.05) is 0 Å². The van der Waals surface area contributed by atoms with Crippen LogP contribution in [0.3, 0.4) is 0 Å². The quantitative estimate of drug-likeness (QED) is 0.510. The lowest BCUT2D eigenvalue weighted by Gasteiger charge is -2.17. The summed E-state index contributed by atoms with van der Waals surface area (Å²) >= 11 is 0. The maximum atomic E-state index is 14.5. The van der Waals surface area contributed by atoms with Crippen molar-refractivity contribution in [1.29, 1.82) is 0 Å². The number of hydrogen-bond donors (Lipinski definition) is 0. The molecular weight excluding hydrogens is 366 g/mol. The van der Waals surface area contributed by atoms with Gasteiger partial charge in [-0.05, 0) is 71.4 Å². The van der Waals surface area contributed by atoms with Crippen LogP contribution in [0.25, 0.3) is 11.1 Å². The second-order valence-corrected chi connectivity index (χ2v) is 8.57. The monoisotopic (exact) mass is 390 g/mol. The third-order valence-corrected chi connectivity index (χ3v) is 3.82. The molecule has 2 rings (SSSR count). The SMILES string of the molecule is CC(C)(C)C(=O)Oc1ccc(-c2ccc(OC(=O)C(C)(C)C)c(F)c2)c(F)c1. The Balaban J connectivity index is 2.25. The van der Waals surface area contributed by atoms with E-state index in [1.165, 1.54) is 24.3 Å². The van der Waals surface area contributed by atoms with Gasteiger partial charge < -0.3 is 9.47 Å². The summed E-state index contributed by atoms with van der Waals surface area (Å²) in [4.78, 5) is 23.8. The summed E-state index contributed by atoms with van der Waals surface area (Å²) in [6.07, 6.45) is 0. The lowest BCUT2D eigenvalue weighted by molar-refractivity contribution is -0.143. The smallest absolute Gasteiger partial charge is 0.316 e. The lowest BCUT2D eigenvalue weighted by atomic mass is 9.97. The van der Waals surface area contributed by atoms with E-state index >= 15 is 0 Å². The number of ether oxygens (including phenoxy) is 2. The molecule has 0 atom stereocenters. The normalized spacial score (nSPS) is 11.9. The van der Waals surface area contributed by atoms with Gasteiger partial charge in [0.2, 0.25) is 0 Å². The van der Waals surface area contributed by atoms with Crippen molar-refractivity contribution in [2.75, 3.05) is 0 Å². The van der Waals surface area contributed by atoms with Crippen LogP contribution in [0, 0.1) is 22.5 Å². The lowest BCUT2D eigenvalue weighted by Crippen LogP contribution is -2.25. The molecule has 2 aromatic carbocycles. The summed E-state index contributed by atoms with van der Waals surface area (Å²) in [5, 5.41) is 0. The maximum Gasteiger partial charge on any atom is 0.316 e. The van der Waals surface area contributed by atoms with E-state index in [0.717, 1.165) is 12.1 Å². The fourth-order valence-corrected chi connectivity index (χ4v) is 2.06. The summed E-state index contributed by atoms with van der Waals surface area (Å²) in [6.45, 7) is 10.0. The molecule has 0 aliphatic heterocycles. The van der Waals surface area contributed by atoms with Crippen molar-refractivity contribution < 1.29 is 27.8 Å². The van der Waals surface area contributed by atoms with Gasteiger partial charge in [-0.2, -0.15) is 0 Å². The van der Waals surface area contributed by atoms with Gasteiger partial charge in [0.05, 0.1) is 10.8 Å². The Kier molecular flexibility index (Phi) is 5.92. The Bertz CT molecular complexity index is 906. The zero-order valence-corrected chi connectivity index (χ0v) is 16.9. The first-order chi connectivity index (χ1) is 12.8. The van der Waals surface area contributed by atoms with Crippen molar-refractivity contribution in [3.8, 4) is 22.6 Å². The van der Waals surface area contributed by atoms with Gasteiger partial charge in [0.25, 0.3) is 0 Å². The van der Waals surface area contributed by atoms with Crippen LogP contribution in [-0.2, 0) is 9.59 Å². The Morgan fingerprint density at radius 2 is 1.32 bits per heavy atom. The minimum atomic E-state index is -0.780. The molecule has 0 aliphatic rings. The molecule has 0 bridgehead atoms. The van der Waals surface area contributed by atoms with E-state index < -0.39 is 34.4 Å². The molecule has 0 saturated heterocycles. The van der Waals surface area contributed by atoms with E-state index in [1.54, 1.807) is 41.5 Å². The Morgan fingerprint density at radius 3 is 1.82 bits per heavy atom. The highest BCUT2D eigenvalue weighted by Gasteiger charge is 2.26. The summed E-state index contributed by atoms with van der Waals surface area (Å²) in [5.41, 5.74) is -1.11. The summed E-state index contributed by atoms with van der Waals surface area (Å²) in [5.74, 6) is -2.67. The number of hydrogen-bond acceptors (Lipinski definition) is 4. The molecule has 6 heteroatoms. The third-order valence-electron chi connectivity index (χ3n) is 3.82. The molecule has 150 valence electrons. The number of esters is 2. The number of halogens is 2. The molecule has 0 heterocycles. The second-order valence-electron chi connectivity index (χ2n) is 8.57. The highest BCUT2D eigenvalue weighted by Crippen LogP contribution is 2.31. The maximum absolute atomic E-state index is 14.5. The van der Waals surface area contributed by atoms with Crippen molar-refractivity contribution in [2.24, 2.45) is 10.8 Å². The van der Waals surface area contributed by atoms with Gasteiger partial charge in [-0.15, -0.1) is 0 Å². The number of benzene rings is 2. The second kappa shape index (κ2) is 7.70. The van der Waals surface area contributed by atoms with Crippen molar-refractivity contribution in [3.05, 3.63) is 48.0 Å². The van der Waals surface area contributed by atoms with Crippen molar-refractivity contribution in [2.45, 2.75) is 41.5 Å². The highest BCUT2D eigenvalue weighted by atomic mass is 19.1. The fraction of sp³-hybridized carbons (Fsp3) is 0.364. The molecule has 0 fully saturated rings. The molecule has 0 saturated carbocycles. The van der Waals surface area contributed by atoms with Crippen molar-refractivity contribution in [1.82, 2.24) is 0 Å². The van der Waals surface area contributed by atoms with Crippen LogP contribution in [0.15, 0.2) is 36.4 Å². The van der Waals surface area contributed by atoms with Crippen molar-refractivity contribution in [3.63, 3.8) is 0 Å². The topological polar surface area (TPSA) is 52.6 Å². The van der Waals surface area contributed by atoms with E-state index in [2.05, 4.69) is 0 Å². The number of carbonyl (C=O) groups is 2. The van der Waals surface area contributed by atoms with Gasteiger partial charge in [-0.1, -0.05) is 6.07 Å². The molecule has 0 N–H and O–H groups in total. The van der Waals surface area contributed by atoms with Crippen LogP contribution in [0.4, 0.5) is 8.78 Å². The average molecular weight is 390 g/mol. The first-order valence-corrected chi connectivity index (χ1v) is 8.83. The predicted molar refractivity (Wildman–Crippen MR) is 102 cm³/mol. The third kappa shape index (κ3) is 5.15. The van der Waals surface area contributed by atoms with Gasteiger partial charge in [0.1, 0.15) is 11.6 Å². The summed E-state index contributed by atoms with van der Waals surface area (Å²) in [7, 11) is 0. The molecule has 28 heavy (non-hydrogen) atoms. The molecule has 0 amide bonds. The zero-order chi connectivity index (χ0) is 21.3. The first kappa shape index (κ1) is 21.5. The Morgan fingerprint density at radius 1 is 0.750 bits per heavy atom. The standard InChI is InChI=1S/C22H24F2O4/c1-21(2,3)19(25)27-14-8-9-15(16(23)12-14)13-7-10-18(17(24)11-13)28-20(26)22(4,5)6/h7-12H,1-6H3. The molecular formula is C22H24F2O4. The van der Waals surface area contributed by atoms with Crippen LogP contribution >= 0.6 is 0 Å². The van der Waals surface area contributed by atoms with Crippen LogP contribution in [0.2, 0.25) is 0 Å². The molecule has 0 unspecified atom stereocenters.